The number of benzene rings is 9. The van der Waals surface area contributed by atoms with Gasteiger partial charge in [0.2, 0.25) is 0 Å². The van der Waals surface area contributed by atoms with Gasteiger partial charge in [-0.05, 0) is 64.2 Å². The number of para-hydroxylation sites is 2. The zero-order valence-corrected chi connectivity index (χ0v) is 37.5. The Bertz CT molecular complexity index is 3940. The topological polar surface area (TPSA) is 56.5 Å². The van der Waals surface area contributed by atoms with Crippen molar-refractivity contribution in [2.75, 3.05) is 0 Å². The van der Waals surface area contributed by atoms with Gasteiger partial charge >= 0.3 is 0 Å². The van der Waals surface area contributed by atoms with Crippen LogP contribution < -0.4 is 0 Å². The van der Waals surface area contributed by atoms with Crippen LogP contribution in [0.25, 0.3) is 126 Å². The van der Waals surface area contributed by atoms with Crippen molar-refractivity contribution in [3.8, 4) is 84.5 Å². The molecule has 0 aliphatic heterocycles. The van der Waals surface area contributed by atoms with E-state index in [-0.39, 0.29) is 0 Å². The van der Waals surface area contributed by atoms with Gasteiger partial charge < -0.3 is 4.57 Å². The lowest BCUT2D eigenvalue weighted by Crippen LogP contribution is -2.02. The molecule has 6 heteroatoms. The minimum Gasteiger partial charge on any atom is -0.309 e. The molecule has 0 saturated heterocycles. The third kappa shape index (κ3) is 6.77. The summed E-state index contributed by atoms with van der Waals surface area (Å²) in [7, 11) is 0. The Balaban J connectivity index is 1.10. The van der Waals surface area contributed by atoms with Crippen molar-refractivity contribution in [1.82, 2.24) is 24.5 Å². The van der Waals surface area contributed by atoms with E-state index in [1.54, 1.807) is 0 Å². The Morgan fingerprint density at radius 2 is 0.926 bits per heavy atom. The van der Waals surface area contributed by atoms with Gasteiger partial charge in [0.25, 0.3) is 0 Å². The van der Waals surface area contributed by atoms with Gasteiger partial charge in [-0.25, -0.2) is 15.0 Å². The van der Waals surface area contributed by atoms with Crippen molar-refractivity contribution >= 4 is 53.3 Å². The first kappa shape index (κ1) is 39.5. The van der Waals surface area contributed by atoms with Crippen LogP contribution in [0.2, 0.25) is 0 Å². The molecule has 0 amide bonds. The van der Waals surface area contributed by atoms with Crippen LogP contribution in [0.5, 0.6) is 0 Å². The molecule has 0 bridgehead atoms. The minimum atomic E-state index is 0.548. The number of thiophene rings is 1. The summed E-state index contributed by atoms with van der Waals surface area (Å²) >= 11 is 1.81. The van der Waals surface area contributed by atoms with Gasteiger partial charge in [-0.1, -0.05) is 194 Å². The average molecular weight is 886 g/mol. The van der Waals surface area contributed by atoms with E-state index >= 15 is 0 Å². The number of hydrogen-bond donors (Lipinski definition) is 0. The van der Waals surface area contributed by atoms with Crippen molar-refractivity contribution in [2.24, 2.45) is 0 Å². The second-order valence-electron chi connectivity index (χ2n) is 17.0. The van der Waals surface area contributed by atoms with Gasteiger partial charge in [0.15, 0.2) is 17.5 Å². The van der Waals surface area contributed by atoms with Gasteiger partial charge in [-0.15, -0.1) is 11.3 Å². The highest BCUT2D eigenvalue weighted by Crippen LogP contribution is 2.47. The number of rotatable bonds is 8. The van der Waals surface area contributed by atoms with Gasteiger partial charge in [-0.2, -0.15) is 0 Å². The van der Waals surface area contributed by atoms with Crippen LogP contribution in [0.15, 0.2) is 237 Å². The fraction of sp³-hybridized carbons (Fsp3) is 0. The molecule has 0 fully saturated rings. The molecule has 0 aliphatic rings. The summed E-state index contributed by atoms with van der Waals surface area (Å²) in [6.45, 7) is 0. The zero-order chi connectivity index (χ0) is 45.0. The highest BCUT2D eigenvalue weighted by molar-refractivity contribution is 7.26. The normalized spacial score (nSPS) is 11.5. The highest BCUT2D eigenvalue weighted by Gasteiger charge is 2.24. The predicted molar refractivity (Wildman–Crippen MR) is 283 cm³/mol. The molecule has 13 rings (SSSR count). The van der Waals surface area contributed by atoms with Crippen LogP contribution in [-0.4, -0.2) is 24.5 Å². The summed E-state index contributed by atoms with van der Waals surface area (Å²) < 4.78 is 4.79. The van der Waals surface area contributed by atoms with Gasteiger partial charge in [-0.3, -0.25) is 4.98 Å². The second-order valence-corrected chi connectivity index (χ2v) is 18.0. The largest absolute Gasteiger partial charge is 0.309 e. The smallest absolute Gasteiger partial charge is 0.166 e. The summed E-state index contributed by atoms with van der Waals surface area (Å²) in [5.41, 5.74) is 14.5. The van der Waals surface area contributed by atoms with E-state index in [1.807, 2.05) is 53.9 Å². The fourth-order valence-corrected chi connectivity index (χ4v) is 11.0. The number of nitrogens with zero attached hydrogens (tertiary/aromatic N) is 5. The van der Waals surface area contributed by atoms with E-state index in [9.17, 15) is 0 Å². The Hall–Kier alpha value is -8.84. The Morgan fingerprint density at radius 3 is 1.62 bits per heavy atom. The summed E-state index contributed by atoms with van der Waals surface area (Å²) in [5, 5.41) is 4.86. The zero-order valence-electron chi connectivity index (χ0n) is 36.7. The number of pyridine rings is 1. The summed E-state index contributed by atoms with van der Waals surface area (Å²) in [6.07, 6.45) is 2.03. The lowest BCUT2D eigenvalue weighted by molar-refractivity contribution is 1.07. The molecule has 0 unspecified atom stereocenters. The van der Waals surface area contributed by atoms with Crippen LogP contribution in [-0.2, 0) is 0 Å². The Morgan fingerprint density at radius 1 is 0.353 bits per heavy atom. The predicted octanol–water partition coefficient (Wildman–Crippen LogP) is 16.4. The molecule has 5 nitrogen and oxygen atoms in total. The first-order valence-electron chi connectivity index (χ1n) is 22.8. The monoisotopic (exact) mass is 885 g/mol. The molecular weight excluding hydrogens is 847 g/mol. The lowest BCUT2D eigenvalue weighted by atomic mass is 9.90. The van der Waals surface area contributed by atoms with Crippen molar-refractivity contribution in [3.05, 3.63) is 237 Å². The molecule has 9 aromatic carbocycles. The first-order chi connectivity index (χ1) is 33.7. The van der Waals surface area contributed by atoms with E-state index in [1.165, 1.54) is 37.3 Å². The van der Waals surface area contributed by atoms with E-state index in [4.69, 9.17) is 19.9 Å². The summed E-state index contributed by atoms with van der Waals surface area (Å²) in [4.78, 5) is 21.3. The molecule has 0 aliphatic carbocycles. The maximum atomic E-state index is 5.53. The minimum absolute atomic E-state index is 0.548. The average Bonchev–Trinajstić information content (AvgIpc) is 3.98. The molecular formula is C62H39N5S. The standard InChI is InChI=1S/C62H39N5S/c1-6-19-40(20-7-1)44-33-34-47(41-21-8-2-9-22-41)52(37-44)45-38-53(62-65-60(42-23-10-3-11-24-42)64-61(66-62)43-25-12-4-13-26-43)57(63-39-45)51-31-18-30-50-56-55(68-59(50)51)36-35-49-48-29-16-17-32-54(48)67(58(49)56)46-27-14-5-15-28-46/h1-39H. The van der Waals surface area contributed by atoms with Gasteiger partial charge in [0, 0.05) is 70.6 Å². The molecule has 4 heterocycles. The van der Waals surface area contributed by atoms with Crippen molar-refractivity contribution in [2.45, 2.75) is 0 Å². The van der Waals surface area contributed by atoms with E-state index in [2.05, 4.69) is 199 Å². The summed E-state index contributed by atoms with van der Waals surface area (Å²) in [6, 6.07) is 81.1. The third-order valence-corrected chi connectivity index (χ3v) is 14.1. The fourth-order valence-electron chi connectivity index (χ4n) is 9.76. The number of fused-ring (bicyclic) bond motifs is 7. The van der Waals surface area contributed by atoms with Crippen LogP contribution >= 0.6 is 11.3 Å². The van der Waals surface area contributed by atoms with Crippen molar-refractivity contribution in [3.63, 3.8) is 0 Å². The Labute approximate surface area is 397 Å². The molecule has 0 radical (unpaired) electrons. The van der Waals surface area contributed by atoms with Crippen molar-refractivity contribution in [1.29, 1.82) is 0 Å². The highest BCUT2D eigenvalue weighted by atomic mass is 32.1. The maximum Gasteiger partial charge on any atom is 0.166 e. The first-order valence-corrected chi connectivity index (χ1v) is 23.6. The van der Waals surface area contributed by atoms with Gasteiger partial charge in [0.1, 0.15) is 0 Å². The van der Waals surface area contributed by atoms with Crippen molar-refractivity contribution < 1.29 is 0 Å². The lowest BCUT2D eigenvalue weighted by Gasteiger charge is -2.16. The SMILES string of the molecule is c1ccc(-c2ccc(-c3ccccc3)c(-c3cnc(-c4cccc5c4sc4ccc6c7ccccc7n(-c7ccccc7)c6c45)c(-c4nc(-c5ccccc5)nc(-c5ccccc5)n4)c3)c2)cc1. The van der Waals surface area contributed by atoms with Crippen LogP contribution in [0.3, 0.4) is 0 Å². The molecule has 13 aromatic rings. The molecule has 4 aromatic heterocycles. The molecule has 0 N–H and O–H groups in total. The Kier molecular flexibility index (Phi) is 9.62. The third-order valence-electron chi connectivity index (χ3n) is 12.9. The molecule has 0 spiro atoms. The van der Waals surface area contributed by atoms with E-state index in [0.29, 0.717) is 17.5 Å². The number of hydrogen-bond acceptors (Lipinski definition) is 5. The molecule has 0 saturated carbocycles. The van der Waals surface area contributed by atoms with E-state index < -0.39 is 0 Å². The number of aromatic nitrogens is 5. The van der Waals surface area contributed by atoms with Crippen LogP contribution in [0.4, 0.5) is 0 Å². The second kappa shape index (κ2) is 16.5. The maximum absolute atomic E-state index is 5.53. The quantitative estimate of drug-likeness (QED) is 0.153. The van der Waals surface area contributed by atoms with Crippen LogP contribution in [0.1, 0.15) is 0 Å². The van der Waals surface area contributed by atoms with Crippen LogP contribution in [0, 0.1) is 0 Å². The summed E-state index contributed by atoms with van der Waals surface area (Å²) in [5.74, 6) is 1.74. The van der Waals surface area contributed by atoms with Gasteiger partial charge in [0.05, 0.1) is 16.7 Å². The molecule has 68 heavy (non-hydrogen) atoms. The van der Waals surface area contributed by atoms with E-state index in [0.717, 1.165) is 71.7 Å². The molecule has 0 atom stereocenters. The molecule has 318 valence electrons.